The van der Waals surface area contributed by atoms with E-state index in [4.69, 9.17) is 27.9 Å². The van der Waals surface area contributed by atoms with E-state index < -0.39 is 12.1 Å². The molecule has 0 saturated heterocycles. The number of ether oxygens (including phenoxy) is 1. The van der Waals surface area contributed by atoms with Gasteiger partial charge in [0.05, 0.1) is 10.6 Å². The molecule has 0 unspecified atom stereocenters. The lowest BCUT2D eigenvalue weighted by atomic mass is 10.2. The van der Waals surface area contributed by atoms with Gasteiger partial charge in [-0.3, -0.25) is 4.79 Å². The third kappa shape index (κ3) is 4.21. The van der Waals surface area contributed by atoms with Gasteiger partial charge >= 0.3 is 5.97 Å². The van der Waals surface area contributed by atoms with Crippen LogP contribution in [-0.4, -0.2) is 30.0 Å². The third-order valence-corrected chi connectivity index (χ3v) is 3.82. The Bertz CT molecular complexity index is 723. The fourth-order valence-corrected chi connectivity index (χ4v) is 2.13. The predicted molar refractivity (Wildman–Crippen MR) is 89.0 cm³/mol. The predicted octanol–water partition coefficient (Wildman–Crippen LogP) is 3.60. The van der Waals surface area contributed by atoms with Crippen LogP contribution in [0.1, 0.15) is 17.3 Å². The molecule has 1 amide bonds. The first-order valence-electron chi connectivity index (χ1n) is 6.75. The number of esters is 1. The number of nitrogens with zero attached hydrogens (tertiary/aromatic N) is 2. The average Bonchev–Trinajstić information content (AvgIpc) is 2.56. The second-order valence-corrected chi connectivity index (χ2v) is 5.54. The molecule has 0 aliphatic carbocycles. The van der Waals surface area contributed by atoms with Gasteiger partial charge in [0.25, 0.3) is 5.91 Å². The zero-order valence-electron chi connectivity index (χ0n) is 12.5. The molecule has 0 spiro atoms. The number of anilines is 1. The number of pyridine rings is 1. The number of hydrogen-bond acceptors (Lipinski definition) is 4. The minimum absolute atomic E-state index is 0.0937. The van der Waals surface area contributed by atoms with Crippen molar-refractivity contribution in [3.05, 3.63) is 58.3 Å². The maximum Gasteiger partial charge on any atom is 0.340 e. The number of aromatic nitrogens is 1. The summed E-state index contributed by atoms with van der Waals surface area (Å²) in [5.41, 5.74) is 0.831. The van der Waals surface area contributed by atoms with Gasteiger partial charge < -0.3 is 9.64 Å². The standard InChI is InChI=1S/C16H14Cl2N2O3/c1-10(15(21)20(2)12-6-4-3-5-7-12)23-16(22)11-8-13(17)14(18)19-9-11/h3-10H,1-2H3/t10-/m1/s1. The Morgan fingerprint density at radius 2 is 1.87 bits per heavy atom. The molecule has 23 heavy (non-hydrogen) atoms. The van der Waals surface area contributed by atoms with Gasteiger partial charge in [-0.05, 0) is 25.1 Å². The molecule has 5 nitrogen and oxygen atoms in total. The van der Waals surface area contributed by atoms with Gasteiger partial charge in [0.15, 0.2) is 6.10 Å². The van der Waals surface area contributed by atoms with E-state index in [9.17, 15) is 9.59 Å². The molecule has 1 aromatic carbocycles. The van der Waals surface area contributed by atoms with Crippen LogP contribution >= 0.6 is 23.2 Å². The lowest BCUT2D eigenvalue weighted by molar-refractivity contribution is -0.126. The zero-order chi connectivity index (χ0) is 17.0. The van der Waals surface area contributed by atoms with E-state index in [-0.39, 0.29) is 21.6 Å². The Hall–Kier alpha value is -2.11. The number of likely N-dealkylation sites (N-methyl/N-ethyl adjacent to an activating group) is 1. The SMILES string of the molecule is C[C@@H](OC(=O)c1cnc(Cl)c(Cl)c1)C(=O)N(C)c1ccccc1. The summed E-state index contributed by atoms with van der Waals surface area (Å²) < 4.78 is 5.16. The van der Waals surface area contributed by atoms with Crippen LogP contribution in [0.4, 0.5) is 5.69 Å². The topological polar surface area (TPSA) is 59.5 Å². The van der Waals surface area contributed by atoms with Gasteiger partial charge in [0.1, 0.15) is 5.15 Å². The Balaban J connectivity index is 2.05. The van der Waals surface area contributed by atoms with Crippen molar-refractivity contribution in [2.24, 2.45) is 0 Å². The van der Waals surface area contributed by atoms with Crippen LogP contribution in [0, 0.1) is 0 Å². The summed E-state index contributed by atoms with van der Waals surface area (Å²) in [4.78, 5) is 29.6. The van der Waals surface area contributed by atoms with Gasteiger partial charge in [-0.25, -0.2) is 9.78 Å². The smallest absolute Gasteiger partial charge is 0.340 e. The average molecular weight is 353 g/mol. The van der Waals surface area contributed by atoms with Crippen LogP contribution in [0.3, 0.4) is 0 Å². The molecule has 7 heteroatoms. The Morgan fingerprint density at radius 1 is 1.22 bits per heavy atom. The minimum atomic E-state index is -0.956. The Labute approximate surface area is 143 Å². The minimum Gasteiger partial charge on any atom is -0.449 e. The van der Waals surface area contributed by atoms with Crippen molar-refractivity contribution in [2.75, 3.05) is 11.9 Å². The summed E-state index contributed by atoms with van der Waals surface area (Å²) in [6.45, 7) is 1.50. The van der Waals surface area contributed by atoms with E-state index in [1.807, 2.05) is 18.2 Å². The molecule has 0 bridgehead atoms. The highest BCUT2D eigenvalue weighted by Crippen LogP contribution is 2.20. The van der Waals surface area contributed by atoms with Crippen molar-refractivity contribution < 1.29 is 14.3 Å². The summed E-state index contributed by atoms with van der Waals surface area (Å²) in [6.07, 6.45) is 0.288. The largest absolute Gasteiger partial charge is 0.449 e. The molecule has 1 aromatic heterocycles. The summed E-state index contributed by atoms with van der Waals surface area (Å²) in [6, 6.07) is 10.4. The van der Waals surface area contributed by atoms with E-state index in [1.165, 1.54) is 24.1 Å². The molecular formula is C16H14Cl2N2O3. The lowest BCUT2D eigenvalue weighted by Gasteiger charge is -2.21. The summed E-state index contributed by atoms with van der Waals surface area (Å²) in [5, 5.41) is 0.234. The summed E-state index contributed by atoms with van der Waals surface area (Å²) in [5.74, 6) is -1.05. The maximum atomic E-state index is 12.3. The van der Waals surface area contributed by atoms with Gasteiger partial charge in [-0.1, -0.05) is 41.4 Å². The van der Waals surface area contributed by atoms with Crippen LogP contribution < -0.4 is 4.90 Å². The fraction of sp³-hybridized carbons (Fsp3) is 0.188. The molecule has 2 rings (SSSR count). The van der Waals surface area contributed by atoms with Crippen molar-refractivity contribution in [3.8, 4) is 0 Å². The highest BCUT2D eigenvalue weighted by Gasteiger charge is 2.23. The molecule has 1 atom stereocenters. The lowest BCUT2D eigenvalue weighted by Crippen LogP contribution is -2.37. The molecular weight excluding hydrogens is 339 g/mol. The number of rotatable bonds is 4. The molecule has 1 heterocycles. The summed E-state index contributed by atoms with van der Waals surface area (Å²) >= 11 is 11.5. The second-order valence-electron chi connectivity index (χ2n) is 4.78. The molecule has 0 aliphatic heterocycles. The molecule has 2 aromatic rings. The number of halogens is 2. The van der Waals surface area contributed by atoms with E-state index in [0.717, 1.165) is 0 Å². The van der Waals surface area contributed by atoms with E-state index in [0.29, 0.717) is 5.69 Å². The number of carbonyl (C=O) groups excluding carboxylic acids is 2. The monoisotopic (exact) mass is 352 g/mol. The molecule has 0 radical (unpaired) electrons. The van der Waals surface area contributed by atoms with Crippen molar-refractivity contribution in [1.29, 1.82) is 0 Å². The van der Waals surface area contributed by atoms with Gasteiger partial charge in [0.2, 0.25) is 0 Å². The van der Waals surface area contributed by atoms with E-state index in [1.54, 1.807) is 19.2 Å². The summed E-state index contributed by atoms with van der Waals surface area (Å²) in [7, 11) is 1.61. The molecule has 0 N–H and O–H groups in total. The van der Waals surface area contributed by atoms with Crippen LogP contribution in [-0.2, 0) is 9.53 Å². The van der Waals surface area contributed by atoms with Gasteiger partial charge in [0, 0.05) is 18.9 Å². The van der Waals surface area contributed by atoms with Gasteiger partial charge in [-0.2, -0.15) is 0 Å². The highest BCUT2D eigenvalue weighted by atomic mass is 35.5. The highest BCUT2D eigenvalue weighted by molar-refractivity contribution is 6.41. The first-order chi connectivity index (χ1) is 10.9. The molecule has 0 aliphatic rings. The van der Waals surface area contributed by atoms with E-state index in [2.05, 4.69) is 4.98 Å². The first kappa shape index (κ1) is 17.2. The molecule has 120 valence electrons. The zero-order valence-corrected chi connectivity index (χ0v) is 14.0. The van der Waals surface area contributed by atoms with Crippen molar-refractivity contribution in [3.63, 3.8) is 0 Å². The van der Waals surface area contributed by atoms with Gasteiger partial charge in [-0.15, -0.1) is 0 Å². The van der Waals surface area contributed by atoms with Crippen molar-refractivity contribution >= 4 is 40.8 Å². The van der Waals surface area contributed by atoms with Crippen molar-refractivity contribution in [1.82, 2.24) is 4.98 Å². The fourth-order valence-electron chi connectivity index (χ4n) is 1.86. The maximum absolute atomic E-state index is 12.3. The Kier molecular flexibility index (Phi) is 5.58. The second kappa shape index (κ2) is 7.44. The molecule has 0 fully saturated rings. The number of para-hydroxylation sites is 1. The van der Waals surface area contributed by atoms with Crippen LogP contribution in [0.2, 0.25) is 10.2 Å². The first-order valence-corrected chi connectivity index (χ1v) is 7.50. The number of carbonyl (C=O) groups is 2. The number of amides is 1. The Morgan fingerprint density at radius 3 is 2.48 bits per heavy atom. The quantitative estimate of drug-likeness (QED) is 0.623. The van der Waals surface area contributed by atoms with E-state index >= 15 is 0 Å². The van der Waals surface area contributed by atoms with Crippen molar-refractivity contribution in [2.45, 2.75) is 13.0 Å². The molecule has 0 saturated carbocycles. The third-order valence-electron chi connectivity index (χ3n) is 3.14. The number of benzene rings is 1. The van der Waals surface area contributed by atoms with Crippen LogP contribution in [0.25, 0.3) is 0 Å². The normalized spacial score (nSPS) is 11.7. The number of hydrogen-bond donors (Lipinski definition) is 0. The van der Waals surface area contributed by atoms with Crippen LogP contribution in [0.5, 0.6) is 0 Å². The van der Waals surface area contributed by atoms with Crippen LogP contribution in [0.15, 0.2) is 42.6 Å².